The van der Waals surface area contributed by atoms with Gasteiger partial charge in [0.1, 0.15) is 10.0 Å². The Hall–Kier alpha value is -2.46. The second-order valence-electron chi connectivity index (χ2n) is 6.10. The van der Waals surface area contributed by atoms with E-state index in [4.69, 9.17) is 25.8 Å². The number of ether oxygens (including phenoxy) is 3. The number of hydrogen-bond acceptors (Lipinski definition) is 7. The molecule has 0 saturated heterocycles. The van der Waals surface area contributed by atoms with Crippen LogP contribution < -0.4 is 14.2 Å². The Kier molecular flexibility index (Phi) is 7.02. The fourth-order valence-electron chi connectivity index (χ4n) is 2.99. The molecule has 0 fully saturated rings. The third-order valence-electron chi connectivity index (χ3n) is 4.29. The number of halogens is 1. The molecule has 1 amide bonds. The number of likely N-dealkylation sites (N-methyl/N-ethyl adjacent to an activating group) is 1. The summed E-state index contributed by atoms with van der Waals surface area (Å²) in [7, 11) is 1.74. The first-order valence-corrected chi connectivity index (χ1v) is 10.5. The molecule has 0 unspecified atom stereocenters. The summed E-state index contributed by atoms with van der Waals surface area (Å²) in [5, 5.41) is 3.97. The zero-order valence-corrected chi connectivity index (χ0v) is 18.7. The minimum Gasteiger partial charge on any atom is -0.493 e. The van der Waals surface area contributed by atoms with Crippen molar-refractivity contribution in [3.05, 3.63) is 28.5 Å². The van der Waals surface area contributed by atoms with Crippen LogP contribution in [0.25, 0.3) is 0 Å². The van der Waals surface area contributed by atoms with Gasteiger partial charge < -0.3 is 14.2 Å². The van der Waals surface area contributed by atoms with E-state index in [0.29, 0.717) is 22.8 Å². The highest BCUT2D eigenvalue weighted by Gasteiger charge is 2.34. The van der Waals surface area contributed by atoms with Crippen molar-refractivity contribution in [3.8, 4) is 17.2 Å². The van der Waals surface area contributed by atoms with Crippen LogP contribution in [0.4, 0.5) is 0 Å². The molecule has 2 aromatic rings. The molecule has 0 spiro atoms. The summed E-state index contributed by atoms with van der Waals surface area (Å²) in [5.41, 5.74) is 0.726. The molecule has 160 valence electrons. The number of benzene rings is 1. The van der Waals surface area contributed by atoms with Gasteiger partial charge in [0.25, 0.3) is 10.0 Å². The molecule has 1 aromatic carbocycles. The highest BCUT2D eigenvalue weighted by Crippen LogP contribution is 2.38. The first kappa shape index (κ1) is 22.8. The number of nitrogens with zero attached hydrogens (tertiary/aromatic N) is 3. The van der Waals surface area contributed by atoms with Gasteiger partial charge in [0.2, 0.25) is 11.7 Å². The molecule has 0 saturated carbocycles. The molecule has 29 heavy (non-hydrogen) atoms. The van der Waals surface area contributed by atoms with Gasteiger partial charge in [-0.15, -0.1) is 0 Å². The van der Waals surface area contributed by atoms with E-state index in [1.54, 1.807) is 19.1 Å². The number of methoxy groups -OCH3 is 3. The average Bonchev–Trinajstić information content (AvgIpc) is 2.93. The van der Waals surface area contributed by atoms with E-state index in [1.165, 1.54) is 40.0 Å². The highest BCUT2D eigenvalue weighted by molar-refractivity contribution is 7.89. The third-order valence-corrected chi connectivity index (χ3v) is 6.89. The summed E-state index contributed by atoms with van der Waals surface area (Å²) in [6.07, 6.45) is -0.194. The summed E-state index contributed by atoms with van der Waals surface area (Å²) >= 11 is 6.11. The van der Waals surface area contributed by atoms with E-state index >= 15 is 0 Å². The minimum atomic E-state index is -4.17. The van der Waals surface area contributed by atoms with Crippen molar-refractivity contribution in [2.24, 2.45) is 7.05 Å². The van der Waals surface area contributed by atoms with Gasteiger partial charge in [0.15, 0.2) is 11.5 Å². The van der Waals surface area contributed by atoms with Crippen molar-refractivity contribution in [2.45, 2.75) is 25.2 Å². The first-order valence-electron chi connectivity index (χ1n) is 8.65. The predicted molar refractivity (Wildman–Crippen MR) is 107 cm³/mol. The van der Waals surface area contributed by atoms with Gasteiger partial charge in [0.05, 0.1) is 33.4 Å². The van der Waals surface area contributed by atoms with Crippen molar-refractivity contribution >= 4 is 27.5 Å². The maximum atomic E-state index is 13.1. The lowest BCUT2D eigenvalue weighted by Gasteiger charge is -2.21. The second-order valence-corrected chi connectivity index (χ2v) is 8.26. The molecule has 0 N–H and O–H groups in total. The van der Waals surface area contributed by atoms with Crippen LogP contribution in [0.2, 0.25) is 5.15 Å². The topological polar surface area (TPSA) is 100.0 Å². The summed E-state index contributed by atoms with van der Waals surface area (Å²) in [6.45, 7) is 3.04. The normalized spacial score (nSPS) is 11.3. The summed E-state index contributed by atoms with van der Waals surface area (Å²) in [6, 6.07) is 3.20. The van der Waals surface area contributed by atoms with Crippen LogP contribution in [0.5, 0.6) is 17.2 Å². The Bertz CT molecular complexity index is 994. The quantitative estimate of drug-likeness (QED) is 0.613. The van der Waals surface area contributed by atoms with Gasteiger partial charge in [-0.25, -0.2) is 12.7 Å². The summed E-state index contributed by atoms with van der Waals surface area (Å²) in [4.78, 5) is 12.7. The molecule has 0 radical (unpaired) electrons. The Morgan fingerprint density at radius 2 is 1.72 bits per heavy atom. The number of amides is 1. The van der Waals surface area contributed by atoms with Crippen molar-refractivity contribution in [1.29, 1.82) is 0 Å². The van der Waals surface area contributed by atoms with Crippen LogP contribution >= 0.6 is 11.6 Å². The van der Waals surface area contributed by atoms with Gasteiger partial charge >= 0.3 is 0 Å². The molecule has 9 nitrogen and oxygen atoms in total. The molecule has 11 heteroatoms. The van der Waals surface area contributed by atoms with E-state index < -0.39 is 15.9 Å². The van der Waals surface area contributed by atoms with Crippen LogP contribution in [0.1, 0.15) is 18.2 Å². The monoisotopic (exact) mass is 445 g/mol. The smallest absolute Gasteiger partial charge is 0.271 e. The minimum absolute atomic E-state index is 0.0541. The number of hydrogen-bond donors (Lipinski definition) is 0. The average molecular weight is 446 g/mol. The lowest BCUT2D eigenvalue weighted by atomic mass is 10.1. The molecular weight excluding hydrogens is 422 g/mol. The second kappa shape index (κ2) is 8.91. The molecule has 0 aliphatic heterocycles. The van der Waals surface area contributed by atoms with E-state index in [9.17, 15) is 13.2 Å². The van der Waals surface area contributed by atoms with E-state index in [-0.39, 0.29) is 28.7 Å². The maximum Gasteiger partial charge on any atom is 0.271 e. The van der Waals surface area contributed by atoms with Crippen molar-refractivity contribution in [3.63, 3.8) is 0 Å². The number of carbonyl (C=O) groups excluding carboxylic acids is 1. The maximum absolute atomic E-state index is 13.1. The molecule has 0 atom stereocenters. The van der Waals surface area contributed by atoms with E-state index in [0.717, 1.165) is 4.31 Å². The van der Waals surface area contributed by atoms with Crippen molar-refractivity contribution in [2.75, 3.05) is 27.9 Å². The Labute approximate surface area is 175 Å². The molecular formula is C18H24ClN3O6S. The third kappa shape index (κ3) is 4.27. The van der Waals surface area contributed by atoms with Gasteiger partial charge in [-0.3, -0.25) is 9.48 Å². The first-order chi connectivity index (χ1) is 13.6. The van der Waals surface area contributed by atoms with Crippen LogP contribution in [0.15, 0.2) is 17.0 Å². The molecule has 0 aliphatic rings. The standard InChI is InChI=1S/C18H24ClN3O6S/c1-7-22(29(24,25)17-11(2)20-21(3)18(17)19)15(23)10-12-8-13(26-4)16(28-6)14(9-12)27-5/h8-9H,7,10H2,1-6H3. The Morgan fingerprint density at radius 1 is 1.17 bits per heavy atom. The molecule has 1 heterocycles. The largest absolute Gasteiger partial charge is 0.493 e. The molecule has 1 aromatic heterocycles. The lowest BCUT2D eigenvalue weighted by Crippen LogP contribution is -2.38. The summed E-state index contributed by atoms with van der Waals surface area (Å²) < 4.78 is 44.1. The zero-order valence-electron chi connectivity index (χ0n) is 17.1. The fourth-order valence-corrected chi connectivity index (χ4v) is 5.11. The van der Waals surface area contributed by atoms with Crippen LogP contribution in [0.3, 0.4) is 0 Å². The van der Waals surface area contributed by atoms with E-state index in [2.05, 4.69) is 5.10 Å². The number of sulfonamides is 1. The van der Waals surface area contributed by atoms with Crippen molar-refractivity contribution in [1.82, 2.24) is 14.1 Å². The number of aromatic nitrogens is 2. The molecule has 0 aliphatic carbocycles. The zero-order chi connectivity index (χ0) is 21.9. The Morgan fingerprint density at radius 3 is 2.10 bits per heavy atom. The fraction of sp³-hybridized carbons (Fsp3) is 0.444. The highest BCUT2D eigenvalue weighted by atomic mass is 35.5. The van der Waals surface area contributed by atoms with Crippen molar-refractivity contribution < 1.29 is 27.4 Å². The summed E-state index contributed by atoms with van der Waals surface area (Å²) in [5.74, 6) is 0.489. The lowest BCUT2D eigenvalue weighted by molar-refractivity contribution is -0.125. The number of rotatable bonds is 8. The predicted octanol–water partition coefficient (Wildman–Crippen LogP) is 2.19. The van der Waals surface area contributed by atoms with Gasteiger partial charge in [-0.1, -0.05) is 11.6 Å². The molecule has 0 bridgehead atoms. The Balaban J connectivity index is 2.43. The van der Waals surface area contributed by atoms with Gasteiger partial charge in [-0.2, -0.15) is 5.10 Å². The van der Waals surface area contributed by atoms with E-state index in [1.807, 2.05) is 0 Å². The van der Waals surface area contributed by atoms with Gasteiger partial charge in [-0.05, 0) is 31.5 Å². The molecule has 2 rings (SSSR count). The van der Waals surface area contributed by atoms with Gasteiger partial charge in [0, 0.05) is 13.6 Å². The number of carbonyl (C=O) groups is 1. The van der Waals surface area contributed by atoms with Crippen LogP contribution in [0, 0.1) is 6.92 Å². The number of aryl methyl sites for hydroxylation is 2. The van der Waals surface area contributed by atoms with Crippen LogP contribution in [-0.2, 0) is 28.3 Å². The van der Waals surface area contributed by atoms with Crippen LogP contribution in [-0.4, -0.2) is 56.3 Å². The SMILES string of the molecule is CCN(C(=O)Cc1cc(OC)c(OC)c(OC)c1)S(=O)(=O)c1c(C)nn(C)c1Cl.